The largest absolute Gasteiger partial charge is 0.497 e. The van der Waals surface area contributed by atoms with Gasteiger partial charge in [-0.15, -0.1) is 0 Å². The number of hydrogen-bond acceptors (Lipinski definition) is 5. The maximum atomic E-state index is 11.9. The lowest BCUT2D eigenvalue weighted by Crippen LogP contribution is -2.21. The third kappa shape index (κ3) is 4.99. The highest BCUT2D eigenvalue weighted by Gasteiger charge is 2.11. The van der Waals surface area contributed by atoms with Crippen molar-refractivity contribution < 1.29 is 23.8 Å². The van der Waals surface area contributed by atoms with Gasteiger partial charge in [0.05, 0.1) is 19.8 Å². The van der Waals surface area contributed by atoms with Gasteiger partial charge in [-0.2, -0.15) is 0 Å². The number of nitrogens with one attached hydrogen (secondary N) is 1. The Morgan fingerprint density at radius 3 is 2.12 bits per heavy atom. The molecule has 2 rings (SSSR count). The van der Waals surface area contributed by atoms with Crippen LogP contribution in [0.1, 0.15) is 10.4 Å². The zero-order valence-electron chi connectivity index (χ0n) is 13.2. The fourth-order valence-electron chi connectivity index (χ4n) is 1.88. The van der Waals surface area contributed by atoms with Gasteiger partial charge in [-0.3, -0.25) is 4.79 Å². The van der Waals surface area contributed by atoms with Crippen LogP contribution < -0.4 is 14.8 Å². The topological polar surface area (TPSA) is 73.9 Å². The molecule has 0 bridgehead atoms. The highest BCUT2D eigenvalue weighted by atomic mass is 79.9. The molecule has 0 aliphatic rings. The smallest absolute Gasteiger partial charge is 0.338 e. The van der Waals surface area contributed by atoms with Crippen LogP contribution in [0.5, 0.6) is 11.5 Å². The Bertz CT molecular complexity index is 708. The Morgan fingerprint density at radius 1 is 1.00 bits per heavy atom. The van der Waals surface area contributed by atoms with Crippen LogP contribution in [0.4, 0.5) is 5.69 Å². The number of halogens is 1. The van der Waals surface area contributed by atoms with Gasteiger partial charge in [0.1, 0.15) is 11.5 Å². The van der Waals surface area contributed by atoms with Crippen molar-refractivity contribution in [2.75, 3.05) is 26.1 Å². The van der Waals surface area contributed by atoms with Crippen LogP contribution in [0.3, 0.4) is 0 Å². The van der Waals surface area contributed by atoms with Gasteiger partial charge in [-0.1, -0.05) is 15.9 Å². The molecule has 1 N–H and O–H groups in total. The van der Waals surface area contributed by atoms with Crippen molar-refractivity contribution in [3.05, 3.63) is 52.5 Å². The fraction of sp³-hybridized carbons (Fsp3) is 0.176. The van der Waals surface area contributed by atoms with E-state index in [4.69, 9.17) is 14.2 Å². The van der Waals surface area contributed by atoms with Crippen molar-refractivity contribution in [1.29, 1.82) is 0 Å². The molecule has 0 aliphatic carbocycles. The van der Waals surface area contributed by atoms with Crippen LogP contribution in [-0.4, -0.2) is 32.7 Å². The molecule has 0 radical (unpaired) electrons. The van der Waals surface area contributed by atoms with Gasteiger partial charge in [0.25, 0.3) is 5.91 Å². The van der Waals surface area contributed by atoms with Gasteiger partial charge < -0.3 is 19.5 Å². The van der Waals surface area contributed by atoms with Crippen LogP contribution in [0.25, 0.3) is 0 Å². The van der Waals surface area contributed by atoms with Gasteiger partial charge in [0, 0.05) is 28.4 Å². The van der Waals surface area contributed by atoms with E-state index in [0.717, 1.165) is 4.47 Å². The molecule has 7 heteroatoms. The maximum absolute atomic E-state index is 11.9. The average Bonchev–Trinajstić information content (AvgIpc) is 2.59. The molecule has 0 heterocycles. The number of methoxy groups -OCH3 is 2. The summed E-state index contributed by atoms with van der Waals surface area (Å²) in [5.41, 5.74) is 0.852. The van der Waals surface area contributed by atoms with Crippen molar-refractivity contribution in [2.24, 2.45) is 0 Å². The summed E-state index contributed by atoms with van der Waals surface area (Å²) >= 11 is 3.28. The molecule has 2 aromatic carbocycles. The first-order valence-corrected chi connectivity index (χ1v) is 7.76. The molecule has 1 amide bonds. The molecular weight excluding hydrogens is 378 g/mol. The number of rotatable bonds is 6. The summed E-state index contributed by atoms with van der Waals surface area (Å²) in [4.78, 5) is 23.8. The lowest BCUT2D eigenvalue weighted by atomic mass is 10.2. The predicted octanol–water partition coefficient (Wildman–Crippen LogP) is 3.26. The lowest BCUT2D eigenvalue weighted by Gasteiger charge is -2.10. The third-order valence-corrected chi connectivity index (χ3v) is 3.58. The number of hydrogen-bond donors (Lipinski definition) is 1. The minimum absolute atomic E-state index is 0.369. The Kier molecular flexibility index (Phi) is 6.20. The SMILES string of the molecule is COc1cc(NC(=O)COC(=O)c2ccc(Br)cc2)cc(OC)c1. The summed E-state index contributed by atoms with van der Waals surface area (Å²) < 4.78 is 16.1. The van der Waals surface area contributed by atoms with Crippen LogP contribution in [-0.2, 0) is 9.53 Å². The van der Waals surface area contributed by atoms with Crippen molar-refractivity contribution >= 4 is 33.5 Å². The Morgan fingerprint density at radius 2 is 1.58 bits per heavy atom. The van der Waals surface area contributed by atoms with Crippen molar-refractivity contribution in [3.63, 3.8) is 0 Å². The molecule has 0 unspecified atom stereocenters. The number of carbonyl (C=O) groups excluding carboxylic acids is 2. The van der Waals surface area contributed by atoms with Gasteiger partial charge in [-0.25, -0.2) is 4.79 Å². The maximum Gasteiger partial charge on any atom is 0.338 e. The molecule has 6 nitrogen and oxygen atoms in total. The van der Waals surface area contributed by atoms with Crippen LogP contribution in [0.15, 0.2) is 46.9 Å². The molecule has 0 saturated heterocycles. The van der Waals surface area contributed by atoms with E-state index in [1.54, 1.807) is 42.5 Å². The van der Waals surface area contributed by atoms with E-state index in [0.29, 0.717) is 22.7 Å². The molecule has 0 atom stereocenters. The molecule has 126 valence electrons. The second-order valence-corrected chi connectivity index (χ2v) is 5.65. The molecule has 0 saturated carbocycles. The van der Waals surface area contributed by atoms with E-state index < -0.39 is 18.5 Å². The van der Waals surface area contributed by atoms with E-state index in [1.807, 2.05) is 0 Å². The first-order valence-electron chi connectivity index (χ1n) is 6.97. The second kappa shape index (κ2) is 8.35. The highest BCUT2D eigenvalue weighted by molar-refractivity contribution is 9.10. The first-order chi connectivity index (χ1) is 11.5. The number of ether oxygens (including phenoxy) is 3. The standard InChI is InChI=1S/C17H16BrNO5/c1-22-14-7-13(8-15(9-14)23-2)19-16(20)10-24-17(21)11-3-5-12(18)6-4-11/h3-9H,10H2,1-2H3,(H,19,20). The number of amides is 1. The lowest BCUT2D eigenvalue weighted by molar-refractivity contribution is -0.119. The van der Waals surface area contributed by atoms with Crippen molar-refractivity contribution in [2.45, 2.75) is 0 Å². The number of anilines is 1. The van der Waals surface area contributed by atoms with Crippen molar-refractivity contribution in [1.82, 2.24) is 0 Å². The molecule has 0 aromatic heterocycles. The first kappa shape index (κ1) is 17.8. The van der Waals surface area contributed by atoms with Crippen molar-refractivity contribution in [3.8, 4) is 11.5 Å². The van der Waals surface area contributed by atoms with Crippen LogP contribution >= 0.6 is 15.9 Å². The Labute approximate surface area is 147 Å². The molecule has 0 spiro atoms. The summed E-state index contributed by atoms with van der Waals surface area (Å²) in [7, 11) is 3.03. The summed E-state index contributed by atoms with van der Waals surface area (Å²) in [6.07, 6.45) is 0. The van der Waals surface area contributed by atoms with E-state index in [2.05, 4.69) is 21.2 Å². The van der Waals surface area contributed by atoms with Crippen LogP contribution in [0.2, 0.25) is 0 Å². The van der Waals surface area contributed by atoms with E-state index in [9.17, 15) is 9.59 Å². The molecular formula is C17H16BrNO5. The van der Waals surface area contributed by atoms with E-state index >= 15 is 0 Å². The molecule has 0 aliphatic heterocycles. The normalized spacial score (nSPS) is 9.96. The Hall–Kier alpha value is -2.54. The average molecular weight is 394 g/mol. The van der Waals surface area contributed by atoms with Crippen LogP contribution in [0, 0.1) is 0 Å². The van der Waals surface area contributed by atoms with Gasteiger partial charge >= 0.3 is 5.97 Å². The number of esters is 1. The molecule has 0 fully saturated rings. The minimum atomic E-state index is -0.569. The summed E-state index contributed by atoms with van der Waals surface area (Å²) in [6.45, 7) is -0.394. The van der Waals surface area contributed by atoms with E-state index in [-0.39, 0.29) is 0 Å². The van der Waals surface area contributed by atoms with Gasteiger partial charge in [0.15, 0.2) is 6.61 Å². The zero-order valence-corrected chi connectivity index (χ0v) is 14.8. The van der Waals surface area contributed by atoms with Gasteiger partial charge in [0.2, 0.25) is 0 Å². The molecule has 2 aromatic rings. The third-order valence-electron chi connectivity index (χ3n) is 3.05. The monoisotopic (exact) mass is 393 g/mol. The summed E-state index contributed by atoms with van der Waals surface area (Å²) in [5, 5.41) is 2.62. The fourth-order valence-corrected chi connectivity index (χ4v) is 2.14. The summed E-state index contributed by atoms with van der Waals surface area (Å²) in [5.74, 6) is 0.0460. The van der Waals surface area contributed by atoms with Gasteiger partial charge in [-0.05, 0) is 24.3 Å². The zero-order chi connectivity index (χ0) is 17.5. The second-order valence-electron chi connectivity index (χ2n) is 4.73. The summed E-state index contributed by atoms with van der Waals surface area (Å²) in [6, 6.07) is 11.6. The quantitative estimate of drug-likeness (QED) is 0.762. The number of carbonyl (C=O) groups is 2. The van der Waals surface area contributed by atoms with E-state index in [1.165, 1.54) is 14.2 Å². The minimum Gasteiger partial charge on any atom is -0.497 e. The highest BCUT2D eigenvalue weighted by Crippen LogP contribution is 2.25. The Balaban J connectivity index is 1.93. The molecule has 24 heavy (non-hydrogen) atoms. The number of benzene rings is 2. The predicted molar refractivity (Wildman–Crippen MR) is 92.6 cm³/mol.